The third-order valence-corrected chi connectivity index (χ3v) is 3.26. The van der Waals surface area contributed by atoms with E-state index >= 15 is 0 Å². The standard InChI is InChI=1S/C13H16N4OS/c1-11-16-12(10-19-11)4-5-13(18)14-6-2-8-17-9-3-7-15-17/h3-5,7,9-10H,2,6,8H2,1H3,(H,14,18)/b5-4-. The fourth-order valence-corrected chi connectivity index (χ4v) is 2.14. The first-order valence-corrected chi connectivity index (χ1v) is 6.97. The molecule has 5 nitrogen and oxygen atoms in total. The number of carbonyl (C=O) groups is 1. The minimum Gasteiger partial charge on any atom is -0.352 e. The number of aromatic nitrogens is 3. The average Bonchev–Trinajstić information content (AvgIpc) is 3.03. The first kappa shape index (κ1) is 13.5. The van der Waals surface area contributed by atoms with Gasteiger partial charge in [-0.2, -0.15) is 5.10 Å². The Hall–Kier alpha value is -1.95. The molecule has 0 bridgehead atoms. The van der Waals surface area contributed by atoms with E-state index in [1.165, 1.54) is 6.08 Å². The zero-order valence-corrected chi connectivity index (χ0v) is 11.6. The first-order valence-electron chi connectivity index (χ1n) is 6.09. The maximum absolute atomic E-state index is 11.5. The average molecular weight is 276 g/mol. The van der Waals surface area contributed by atoms with Crippen LogP contribution in [0.5, 0.6) is 0 Å². The molecule has 1 amide bonds. The van der Waals surface area contributed by atoms with Crippen molar-refractivity contribution >= 4 is 23.3 Å². The van der Waals surface area contributed by atoms with Crippen LogP contribution in [-0.2, 0) is 11.3 Å². The van der Waals surface area contributed by atoms with Crippen molar-refractivity contribution in [1.29, 1.82) is 0 Å². The van der Waals surface area contributed by atoms with Crippen molar-refractivity contribution < 1.29 is 4.79 Å². The number of carbonyl (C=O) groups excluding carboxylic acids is 1. The predicted octanol–water partition coefficient (Wildman–Crippen LogP) is 1.87. The van der Waals surface area contributed by atoms with Crippen LogP contribution in [0.25, 0.3) is 6.08 Å². The first-order chi connectivity index (χ1) is 9.24. The fourth-order valence-electron chi connectivity index (χ4n) is 1.56. The Morgan fingerprint density at radius 1 is 1.58 bits per heavy atom. The molecule has 0 saturated heterocycles. The topological polar surface area (TPSA) is 59.8 Å². The summed E-state index contributed by atoms with van der Waals surface area (Å²) >= 11 is 1.57. The molecule has 19 heavy (non-hydrogen) atoms. The summed E-state index contributed by atoms with van der Waals surface area (Å²) in [5.74, 6) is -0.0916. The third kappa shape index (κ3) is 4.67. The van der Waals surface area contributed by atoms with Crippen molar-refractivity contribution in [2.45, 2.75) is 19.9 Å². The number of hydrogen-bond acceptors (Lipinski definition) is 4. The molecule has 0 aliphatic carbocycles. The van der Waals surface area contributed by atoms with E-state index in [2.05, 4.69) is 15.4 Å². The van der Waals surface area contributed by atoms with Gasteiger partial charge in [-0.05, 0) is 25.5 Å². The molecule has 2 aromatic rings. The Kier molecular flexibility index (Phi) is 4.85. The zero-order chi connectivity index (χ0) is 13.5. The van der Waals surface area contributed by atoms with Crippen molar-refractivity contribution in [3.05, 3.63) is 40.6 Å². The van der Waals surface area contributed by atoms with E-state index in [0.717, 1.165) is 23.7 Å². The van der Waals surface area contributed by atoms with Crippen LogP contribution in [0.3, 0.4) is 0 Å². The monoisotopic (exact) mass is 276 g/mol. The molecule has 2 aromatic heterocycles. The van der Waals surface area contributed by atoms with Gasteiger partial charge in [0.2, 0.25) is 5.91 Å². The summed E-state index contributed by atoms with van der Waals surface area (Å²) in [6.07, 6.45) is 7.76. The lowest BCUT2D eigenvalue weighted by Crippen LogP contribution is -2.23. The summed E-state index contributed by atoms with van der Waals surface area (Å²) in [6.45, 7) is 3.39. The molecule has 0 fully saturated rings. The molecule has 0 saturated carbocycles. The highest BCUT2D eigenvalue weighted by atomic mass is 32.1. The quantitative estimate of drug-likeness (QED) is 0.647. The highest BCUT2D eigenvalue weighted by Crippen LogP contribution is 2.08. The summed E-state index contributed by atoms with van der Waals surface area (Å²) in [5, 5.41) is 9.85. The van der Waals surface area contributed by atoms with Gasteiger partial charge in [0.15, 0.2) is 0 Å². The number of amides is 1. The lowest BCUT2D eigenvalue weighted by molar-refractivity contribution is -0.116. The molecule has 0 aliphatic heterocycles. The van der Waals surface area contributed by atoms with Gasteiger partial charge in [-0.25, -0.2) is 4.98 Å². The van der Waals surface area contributed by atoms with Crippen LogP contribution < -0.4 is 5.32 Å². The maximum Gasteiger partial charge on any atom is 0.244 e. The van der Waals surface area contributed by atoms with Gasteiger partial charge < -0.3 is 5.32 Å². The number of aryl methyl sites for hydroxylation is 2. The normalized spacial score (nSPS) is 11.0. The predicted molar refractivity (Wildman–Crippen MR) is 75.7 cm³/mol. The van der Waals surface area contributed by atoms with Gasteiger partial charge in [-0.3, -0.25) is 9.48 Å². The molecule has 0 unspecified atom stereocenters. The van der Waals surface area contributed by atoms with Crippen LogP contribution >= 0.6 is 11.3 Å². The molecular weight excluding hydrogens is 260 g/mol. The molecular formula is C13H16N4OS. The number of hydrogen-bond donors (Lipinski definition) is 1. The van der Waals surface area contributed by atoms with Crippen LogP contribution in [0.4, 0.5) is 0 Å². The second-order valence-electron chi connectivity index (χ2n) is 4.04. The van der Waals surface area contributed by atoms with Gasteiger partial charge in [-0.15, -0.1) is 11.3 Å². The Morgan fingerprint density at radius 2 is 2.47 bits per heavy atom. The SMILES string of the molecule is Cc1nc(/C=C\C(=O)NCCCn2cccn2)cs1. The van der Waals surface area contributed by atoms with Crippen LogP contribution in [0.1, 0.15) is 17.1 Å². The van der Waals surface area contributed by atoms with Gasteiger partial charge in [0.25, 0.3) is 0 Å². The third-order valence-electron chi connectivity index (χ3n) is 2.46. The highest BCUT2D eigenvalue weighted by Gasteiger charge is 1.97. The van der Waals surface area contributed by atoms with Gasteiger partial charge in [0.1, 0.15) is 0 Å². The lowest BCUT2D eigenvalue weighted by atomic mass is 10.3. The molecule has 0 atom stereocenters. The highest BCUT2D eigenvalue weighted by molar-refractivity contribution is 7.09. The maximum atomic E-state index is 11.5. The molecule has 6 heteroatoms. The van der Waals surface area contributed by atoms with Crippen LogP contribution in [0, 0.1) is 6.92 Å². The van der Waals surface area contributed by atoms with E-state index < -0.39 is 0 Å². The minimum absolute atomic E-state index is 0.0916. The Morgan fingerprint density at radius 3 is 3.16 bits per heavy atom. The Bertz CT molecular complexity index is 545. The van der Waals surface area contributed by atoms with Crippen LogP contribution in [0.15, 0.2) is 29.9 Å². The summed E-state index contributed by atoms with van der Waals surface area (Å²) in [7, 11) is 0. The van der Waals surface area contributed by atoms with E-state index in [1.54, 1.807) is 23.6 Å². The molecule has 2 rings (SSSR count). The minimum atomic E-state index is -0.0916. The van der Waals surface area contributed by atoms with Crippen molar-refractivity contribution in [3.8, 4) is 0 Å². The second-order valence-corrected chi connectivity index (χ2v) is 5.10. The second kappa shape index (κ2) is 6.84. The number of nitrogens with one attached hydrogen (secondary N) is 1. The number of thiazole rings is 1. The summed E-state index contributed by atoms with van der Waals surface area (Å²) in [5.41, 5.74) is 0.828. The van der Waals surface area contributed by atoms with Crippen molar-refractivity contribution in [3.63, 3.8) is 0 Å². The molecule has 1 N–H and O–H groups in total. The molecule has 0 aromatic carbocycles. The van der Waals surface area contributed by atoms with Crippen molar-refractivity contribution in [2.24, 2.45) is 0 Å². The molecule has 2 heterocycles. The lowest BCUT2D eigenvalue weighted by Gasteiger charge is -2.02. The fraction of sp³-hybridized carbons (Fsp3) is 0.308. The van der Waals surface area contributed by atoms with E-state index in [9.17, 15) is 4.79 Å². The van der Waals surface area contributed by atoms with Crippen LogP contribution in [-0.4, -0.2) is 27.2 Å². The number of rotatable bonds is 6. The van der Waals surface area contributed by atoms with Crippen LogP contribution in [0.2, 0.25) is 0 Å². The van der Waals surface area contributed by atoms with Gasteiger partial charge in [-0.1, -0.05) is 0 Å². The summed E-state index contributed by atoms with van der Waals surface area (Å²) in [6, 6.07) is 1.89. The summed E-state index contributed by atoms with van der Waals surface area (Å²) < 4.78 is 1.85. The van der Waals surface area contributed by atoms with E-state index in [1.807, 2.05) is 29.2 Å². The van der Waals surface area contributed by atoms with Gasteiger partial charge in [0, 0.05) is 36.9 Å². The molecule has 100 valence electrons. The molecule has 0 radical (unpaired) electrons. The van der Waals surface area contributed by atoms with E-state index in [-0.39, 0.29) is 5.91 Å². The smallest absolute Gasteiger partial charge is 0.244 e. The molecule has 0 aliphatic rings. The van der Waals surface area contributed by atoms with Gasteiger partial charge >= 0.3 is 0 Å². The van der Waals surface area contributed by atoms with Gasteiger partial charge in [0.05, 0.1) is 10.7 Å². The Balaban J connectivity index is 1.66. The largest absolute Gasteiger partial charge is 0.352 e. The zero-order valence-electron chi connectivity index (χ0n) is 10.7. The van der Waals surface area contributed by atoms with E-state index in [0.29, 0.717) is 6.54 Å². The number of nitrogens with zero attached hydrogens (tertiary/aromatic N) is 3. The van der Waals surface area contributed by atoms with E-state index in [4.69, 9.17) is 0 Å². The van der Waals surface area contributed by atoms with Crippen molar-refractivity contribution in [1.82, 2.24) is 20.1 Å². The summed E-state index contributed by atoms with van der Waals surface area (Å²) in [4.78, 5) is 15.8. The Labute approximate surface area is 116 Å². The van der Waals surface area contributed by atoms with Crippen molar-refractivity contribution in [2.75, 3.05) is 6.54 Å². The molecule has 0 spiro atoms.